The molecular weight excluding hydrogens is 226 g/mol. The molecule has 0 radical (unpaired) electrons. The molecule has 6 heteroatoms. The number of hydrogen-bond donors (Lipinski definition) is 2. The van der Waals surface area contributed by atoms with Crippen LogP contribution in [-0.2, 0) is 6.18 Å². The minimum absolute atomic E-state index is 0.193. The van der Waals surface area contributed by atoms with E-state index in [1.54, 1.807) is 0 Å². The van der Waals surface area contributed by atoms with Crippen LogP contribution in [0.3, 0.4) is 0 Å². The Morgan fingerprint density at radius 1 is 1.38 bits per heavy atom. The first-order valence-electron chi connectivity index (χ1n) is 4.55. The molecule has 2 nitrogen and oxygen atoms in total. The number of rotatable bonds is 3. The van der Waals surface area contributed by atoms with E-state index in [0.29, 0.717) is 6.07 Å². The van der Waals surface area contributed by atoms with Gasteiger partial charge in [0.2, 0.25) is 0 Å². The number of alkyl halides is 3. The molecule has 1 rings (SSSR count). The molecular formula is C10H11F4NO. The summed E-state index contributed by atoms with van der Waals surface area (Å²) in [4.78, 5) is 0. The van der Waals surface area contributed by atoms with E-state index in [1.807, 2.05) is 0 Å². The van der Waals surface area contributed by atoms with Crippen LogP contribution in [0.15, 0.2) is 18.2 Å². The predicted octanol–water partition coefficient (Wildman–Crippen LogP) is 2.10. The third-order valence-electron chi connectivity index (χ3n) is 2.23. The maximum absolute atomic E-state index is 12.9. The minimum atomic E-state index is -4.73. The molecule has 1 aromatic carbocycles. The highest BCUT2D eigenvalue weighted by atomic mass is 19.4. The Hall–Kier alpha value is -1.14. The summed E-state index contributed by atoms with van der Waals surface area (Å²) in [6.07, 6.45) is -4.73. The van der Waals surface area contributed by atoms with Crippen LogP contribution in [0.2, 0.25) is 0 Å². The van der Waals surface area contributed by atoms with Gasteiger partial charge < -0.3 is 10.4 Å². The fourth-order valence-electron chi connectivity index (χ4n) is 1.34. The number of nitrogens with one attached hydrogen (secondary N) is 1. The molecule has 0 fully saturated rings. The van der Waals surface area contributed by atoms with Crippen LogP contribution in [0.4, 0.5) is 17.6 Å². The summed E-state index contributed by atoms with van der Waals surface area (Å²) in [5.41, 5.74) is -1.13. The van der Waals surface area contributed by atoms with Crippen LogP contribution in [0, 0.1) is 5.82 Å². The summed E-state index contributed by atoms with van der Waals surface area (Å²) in [6, 6.07) is 2.02. The number of halogens is 4. The van der Waals surface area contributed by atoms with Crippen molar-refractivity contribution in [3.63, 3.8) is 0 Å². The lowest BCUT2D eigenvalue weighted by Gasteiger charge is -2.16. The van der Waals surface area contributed by atoms with Gasteiger partial charge in [0, 0.05) is 0 Å². The normalized spacial score (nSPS) is 13.9. The SMILES string of the molecule is CNC(CO)c1ccc(F)c(C(F)(F)F)c1. The molecule has 2 N–H and O–H groups in total. The standard InChI is InChI=1S/C10H11F4NO/c1-15-9(5-16)6-2-3-8(11)7(4-6)10(12,13)14/h2-4,9,15-16H,5H2,1H3. The van der Waals surface area contributed by atoms with Crippen molar-refractivity contribution >= 4 is 0 Å². The molecule has 0 aromatic heterocycles. The van der Waals surface area contributed by atoms with E-state index < -0.39 is 23.6 Å². The monoisotopic (exact) mass is 237 g/mol. The van der Waals surface area contributed by atoms with Gasteiger partial charge in [0.05, 0.1) is 18.2 Å². The van der Waals surface area contributed by atoms with Gasteiger partial charge in [-0.1, -0.05) is 6.07 Å². The van der Waals surface area contributed by atoms with Crippen molar-refractivity contribution in [2.45, 2.75) is 12.2 Å². The lowest BCUT2D eigenvalue weighted by molar-refractivity contribution is -0.140. The quantitative estimate of drug-likeness (QED) is 0.789. The smallest absolute Gasteiger partial charge is 0.394 e. The van der Waals surface area contributed by atoms with Crippen LogP contribution in [0.1, 0.15) is 17.2 Å². The van der Waals surface area contributed by atoms with Crippen molar-refractivity contribution in [3.8, 4) is 0 Å². The molecule has 16 heavy (non-hydrogen) atoms. The predicted molar refractivity (Wildman–Crippen MR) is 50.3 cm³/mol. The highest BCUT2D eigenvalue weighted by Gasteiger charge is 2.34. The molecule has 0 heterocycles. The maximum Gasteiger partial charge on any atom is 0.419 e. The van der Waals surface area contributed by atoms with E-state index in [9.17, 15) is 17.6 Å². The van der Waals surface area contributed by atoms with Gasteiger partial charge in [-0.25, -0.2) is 4.39 Å². The summed E-state index contributed by atoms with van der Waals surface area (Å²) in [5.74, 6) is -1.32. The molecule has 90 valence electrons. The first-order chi connectivity index (χ1) is 7.40. The largest absolute Gasteiger partial charge is 0.419 e. The number of aliphatic hydroxyl groups is 1. The molecule has 0 saturated carbocycles. The number of aliphatic hydroxyl groups excluding tert-OH is 1. The van der Waals surface area contributed by atoms with Crippen LogP contribution in [0.5, 0.6) is 0 Å². The topological polar surface area (TPSA) is 32.3 Å². The van der Waals surface area contributed by atoms with Gasteiger partial charge >= 0.3 is 6.18 Å². The molecule has 0 aliphatic carbocycles. The second-order valence-corrected chi connectivity index (χ2v) is 3.26. The molecule has 0 bridgehead atoms. The summed E-state index contributed by atoms with van der Waals surface area (Å²) < 4.78 is 50.1. The molecule has 0 saturated heterocycles. The highest BCUT2D eigenvalue weighted by molar-refractivity contribution is 5.29. The lowest BCUT2D eigenvalue weighted by atomic mass is 10.0. The van der Waals surface area contributed by atoms with Crippen molar-refractivity contribution in [2.24, 2.45) is 0 Å². The zero-order chi connectivity index (χ0) is 12.3. The van der Waals surface area contributed by atoms with E-state index in [4.69, 9.17) is 5.11 Å². The van der Waals surface area contributed by atoms with Gasteiger partial charge in [-0.15, -0.1) is 0 Å². The summed E-state index contributed by atoms with van der Waals surface area (Å²) in [7, 11) is 1.50. The Balaban J connectivity index is 3.17. The van der Waals surface area contributed by atoms with Crippen LogP contribution < -0.4 is 5.32 Å². The first kappa shape index (κ1) is 12.9. The average molecular weight is 237 g/mol. The second kappa shape index (κ2) is 4.80. The van der Waals surface area contributed by atoms with Gasteiger partial charge in [0.15, 0.2) is 0 Å². The summed E-state index contributed by atoms with van der Waals surface area (Å²) in [5, 5.41) is 11.5. The van der Waals surface area contributed by atoms with E-state index in [-0.39, 0.29) is 12.2 Å². The van der Waals surface area contributed by atoms with E-state index in [1.165, 1.54) is 13.1 Å². The fraction of sp³-hybridized carbons (Fsp3) is 0.400. The summed E-state index contributed by atoms with van der Waals surface area (Å²) >= 11 is 0. The van der Waals surface area contributed by atoms with Crippen molar-refractivity contribution < 1.29 is 22.7 Å². The number of hydrogen-bond acceptors (Lipinski definition) is 2. The Kier molecular flexibility index (Phi) is 3.88. The van der Waals surface area contributed by atoms with Crippen LogP contribution >= 0.6 is 0 Å². The first-order valence-corrected chi connectivity index (χ1v) is 4.55. The fourth-order valence-corrected chi connectivity index (χ4v) is 1.34. The Labute approximate surface area is 89.9 Å². The van der Waals surface area contributed by atoms with Crippen molar-refractivity contribution in [2.75, 3.05) is 13.7 Å². The van der Waals surface area contributed by atoms with Crippen LogP contribution in [0.25, 0.3) is 0 Å². The highest BCUT2D eigenvalue weighted by Crippen LogP contribution is 2.32. The molecule has 1 atom stereocenters. The number of likely N-dealkylation sites (N-methyl/N-ethyl adjacent to an activating group) is 1. The van der Waals surface area contributed by atoms with E-state index in [0.717, 1.165) is 6.07 Å². The third-order valence-corrected chi connectivity index (χ3v) is 2.23. The van der Waals surface area contributed by atoms with Crippen molar-refractivity contribution in [1.29, 1.82) is 0 Å². The molecule has 0 amide bonds. The summed E-state index contributed by atoms with van der Waals surface area (Å²) in [6.45, 7) is -0.362. The van der Waals surface area contributed by atoms with Crippen molar-refractivity contribution in [1.82, 2.24) is 5.32 Å². The number of benzene rings is 1. The van der Waals surface area contributed by atoms with E-state index in [2.05, 4.69) is 5.32 Å². The van der Waals surface area contributed by atoms with Gasteiger partial charge in [-0.05, 0) is 24.7 Å². The molecule has 1 aromatic rings. The second-order valence-electron chi connectivity index (χ2n) is 3.26. The molecule has 0 aliphatic rings. The molecule has 0 aliphatic heterocycles. The minimum Gasteiger partial charge on any atom is -0.394 e. The van der Waals surface area contributed by atoms with Crippen LogP contribution in [-0.4, -0.2) is 18.8 Å². The third kappa shape index (κ3) is 2.70. The zero-order valence-corrected chi connectivity index (χ0v) is 8.48. The van der Waals surface area contributed by atoms with Gasteiger partial charge in [-0.3, -0.25) is 0 Å². The molecule has 1 unspecified atom stereocenters. The van der Waals surface area contributed by atoms with Gasteiger partial charge in [0.1, 0.15) is 5.82 Å². The zero-order valence-electron chi connectivity index (χ0n) is 8.48. The van der Waals surface area contributed by atoms with E-state index >= 15 is 0 Å². The lowest BCUT2D eigenvalue weighted by Crippen LogP contribution is -2.21. The van der Waals surface area contributed by atoms with Crippen molar-refractivity contribution in [3.05, 3.63) is 35.1 Å². The van der Waals surface area contributed by atoms with Gasteiger partial charge in [-0.2, -0.15) is 13.2 Å². The average Bonchev–Trinajstić information content (AvgIpc) is 2.20. The molecule has 0 spiro atoms. The Bertz CT molecular complexity index is 360. The van der Waals surface area contributed by atoms with Gasteiger partial charge in [0.25, 0.3) is 0 Å². The Morgan fingerprint density at radius 2 is 2.00 bits per heavy atom. The maximum atomic E-state index is 12.9. The Morgan fingerprint density at radius 3 is 2.44 bits per heavy atom.